The van der Waals surface area contributed by atoms with Gasteiger partial charge in [0.1, 0.15) is 12.4 Å². The highest BCUT2D eigenvalue weighted by Gasteiger charge is 2.29. The third-order valence-corrected chi connectivity index (χ3v) is 4.19. The van der Waals surface area contributed by atoms with Crippen LogP contribution in [0.1, 0.15) is 18.1 Å². The fraction of sp³-hybridized carbons (Fsp3) is 0.333. The number of hydrogen-bond donors (Lipinski definition) is 1. The Bertz CT molecular complexity index is 757. The second-order valence-electron chi connectivity index (χ2n) is 5.86. The van der Waals surface area contributed by atoms with E-state index in [0.29, 0.717) is 13.2 Å². The average molecular weight is 330 g/mol. The smallest absolute Gasteiger partial charge is 0.250 e. The number of pyridine rings is 1. The highest BCUT2D eigenvalue weighted by atomic mass is 19.1. The van der Waals surface area contributed by atoms with Crippen molar-refractivity contribution in [2.45, 2.75) is 19.1 Å². The summed E-state index contributed by atoms with van der Waals surface area (Å²) in [6, 6.07) is 11.0. The zero-order valence-electron chi connectivity index (χ0n) is 13.2. The normalized spacial score (nSPS) is 20.0. The third-order valence-electron chi connectivity index (χ3n) is 4.19. The lowest BCUT2D eigenvalue weighted by molar-refractivity contribution is -0.122. The lowest BCUT2D eigenvalue weighted by Gasteiger charge is -2.19. The molecule has 1 amide bonds. The highest BCUT2D eigenvalue weighted by Crippen LogP contribution is 2.34. The number of rotatable bonds is 5. The predicted molar refractivity (Wildman–Crippen MR) is 86.9 cm³/mol. The Morgan fingerprint density at radius 2 is 2.04 bits per heavy atom. The van der Waals surface area contributed by atoms with Crippen LogP contribution < -0.4 is 10.9 Å². The van der Waals surface area contributed by atoms with Crippen molar-refractivity contribution in [3.8, 4) is 0 Å². The number of benzene rings is 1. The van der Waals surface area contributed by atoms with E-state index >= 15 is 0 Å². The van der Waals surface area contributed by atoms with Crippen molar-refractivity contribution in [1.82, 2.24) is 9.88 Å². The number of amides is 1. The maximum atomic E-state index is 13.0. The lowest BCUT2D eigenvalue weighted by Crippen LogP contribution is -2.35. The minimum absolute atomic E-state index is 0.00549. The van der Waals surface area contributed by atoms with Crippen molar-refractivity contribution in [3.05, 3.63) is 70.4 Å². The van der Waals surface area contributed by atoms with Gasteiger partial charge >= 0.3 is 0 Å². The van der Waals surface area contributed by atoms with E-state index in [-0.39, 0.29) is 35.9 Å². The largest absolute Gasteiger partial charge is 0.373 e. The lowest BCUT2D eigenvalue weighted by atomic mass is 9.95. The summed E-state index contributed by atoms with van der Waals surface area (Å²) in [5, 5.41) is 2.86. The summed E-state index contributed by atoms with van der Waals surface area (Å²) in [5.74, 6) is -0.366. The molecule has 1 aliphatic heterocycles. The SMILES string of the molecule is O=C(Cn1ccccc1=O)NC[C@@H]1CCO[C@H]1c1ccc(F)cc1. The first kappa shape index (κ1) is 16.4. The molecule has 1 aromatic carbocycles. The number of nitrogens with one attached hydrogen (secondary N) is 1. The van der Waals surface area contributed by atoms with Crippen LogP contribution in [0.2, 0.25) is 0 Å². The van der Waals surface area contributed by atoms with Gasteiger partial charge in [0, 0.05) is 31.3 Å². The van der Waals surface area contributed by atoms with Gasteiger partial charge in [0.25, 0.3) is 5.56 Å². The van der Waals surface area contributed by atoms with Crippen molar-refractivity contribution in [2.75, 3.05) is 13.2 Å². The van der Waals surface area contributed by atoms with Crippen LogP contribution in [0.25, 0.3) is 0 Å². The van der Waals surface area contributed by atoms with E-state index in [2.05, 4.69) is 5.32 Å². The predicted octanol–water partition coefficient (Wildman–Crippen LogP) is 1.88. The fourth-order valence-electron chi connectivity index (χ4n) is 2.91. The van der Waals surface area contributed by atoms with E-state index in [0.717, 1.165) is 12.0 Å². The molecule has 3 rings (SSSR count). The number of carbonyl (C=O) groups excluding carboxylic acids is 1. The van der Waals surface area contributed by atoms with Crippen LogP contribution in [0.5, 0.6) is 0 Å². The van der Waals surface area contributed by atoms with Gasteiger partial charge < -0.3 is 14.6 Å². The molecule has 24 heavy (non-hydrogen) atoms. The molecule has 5 nitrogen and oxygen atoms in total. The van der Waals surface area contributed by atoms with Crippen molar-refractivity contribution in [3.63, 3.8) is 0 Å². The van der Waals surface area contributed by atoms with Crippen LogP contribution in [-0.2, 0) is 16.1 Å². The summed E-state index contributed by atoms with van der Waals surface area (Å²) in [7, 11) is 0. The van der Waals surface area contributed by atoms with Crippen LogP contribution in [0, 0.1) is 11.7 Å². The van der Waals surface area contributed by atoms with Gasteiger partial charge in [-0.25, -0.2) is 4.39 Å². The van der Waals surface area contributed by atoms with Gasteiger partial charge in [0.05, 0.1) is 6.10 Å². The summed E-state index contributed by atoms with van der Waals surface area (Å²) in [5.41, 5.74) is 0.702. The number of hydrogen-bond acceptors (Lipinski definition) is 3. The van der Waals surface area contributed by atoms with E-state index < -0.39 is 0 Å². The van der Waals surface area contributed by atoms with Crippen molar-refractivity contribution < 1.29 is 13.9 Å². The van der Waals surface area contributed by atoms with E-state index in [4.69, 9.17) is 4.74 Å². The highest BCUT2D eigenvalue weighted by molar-refractivity contribution is 5.75. The summed E-state index contributed by atoms with van der Waals surface area (Å²) in [6.07, 6.45) is 2.26. The Morgan fingerprint density at radius 1 is 1.25 bits per heavy atom. The molecule has 0 saturated carbocycles. The molecule has 1 fully saturated rings. The van der Waals surface area contributed by atoms with E-state index in [1.165, 1.54) is 22.8 Å². The Morgan fingerprint density at radius 3 is 2.79 bits per heavy atom. The third kappa shape index (κ3) is 3.89. The van der Waals surface area contributed by atoms with Crippen LogP contribution >= 0.6 is 0 Å². The molecule has 1 aliphatic rings. The van der Waals surface area contributed by atoms with Gasteiger partial charge in [0.15, 0.2) is 0 Å². The fourth-order valence-corrected chi connectivity index (χ4v) is 2.91. The summed E-state index contributed by atoms with van der Waals surface area (Å²) < 4.78 is 20.1. The first-order valence-corrected chi connectivity index (χ1v) is 7.93. The van der Waals surface area contributed by atoms with Crippen LogP contribution in [-0.4, -0.2) is 23.6 Å². The number of halogens is 1. The van der Waals surface area contributed by atoms with Gasteiger partial charge in [-0.05, 0) is 30.2 Å². The molecule has 0 aliphatic carbocycles. The Labute approximate surface area is 139 Å². The van der Waals surface area contributed by atoms with Crippen molar-refractivity contribution in [2.24, 2.45) is 5.92 Å². The molecule has 2 aromatic rings. The number of carbonyl (C=O) groups is 1. The molecule has 0 bridgehead atoms. The minimum atomic E-state index is -0.282. The van der Waals surface area contributed by atoms with Gasteiger partial charge in [-0.15, -0.1) is 0 Å². The first-order valence-electron chi connectivity index (χ1n) is 7.93. The maximum absolute atomic E-state index is 13.0. The van der Waals surface area contributed by atoms with Crippen molar-refractivity contribution in [1.29, 1.82) is 0 Å². The zero-order valence-corrected chi connectivity index (χ0v) is 13.2. The van der Waals surface area contributed by atoms with Crippen LogP contribution in [0.3, 0.4) is 0 Å². The Hall–Kier alpha value is -2.47. The molecule has 0 unspecified atom stereocenters. The van der Waals surface area contributed by atoms with E-state index in [1.54, 1.807) is 30.5 Å². The number of aromatic nitrogens is 1. The molecular weight excluding hydrogens is 311 g/mol. The monoisotopic (exact) mass is 330 g/mol. The summed E-state index contributed by atoms with van der Waals surface area (Å²) in [6.45, 7) is 1.07. The van der Waals surface area contributed by atoms with Gasteiger partial charge in [-0.1, -0.05) is 18.2 Å². The molecule has 2 heterocycles. The molecular formula is C18H19FN2O3. The molecule has 1 saturated heterocycles. The summed E-state index contributed by atoms with van der Waals surface area (Å²) >= 11 is 0. The van der Waals surface area contributed by atoms with Gasteiger partial charge in [-0.2, -0.15) is 0 Å². The van der Waals surface area contributed by atoms with Gasteiger partial charge in [-0.3, -0.25) is 9.59 Å². The molecule has 126 valence electrons. The molecule has 6 heteroatoms. The summed E-state index contributed by atoms with van der Waals surface area (Å²) in [4.78, 5) is 23.7. The topological polar surface area (TPSA) is 60.3 Å². The van der Waals surface area contributed by atoms with E-state index in [1.807, 2.05) is 0 Å². The molecule has 1 N–H and O–H groups in total. The number of ether oxygens (including phenoxy) is 1. The van der Waals surface area contributed by atoms with Gasteiger partial charge in [0.2, 0.25) is 5.91 Å². The second kappa shape index (κ2) is 7.40. The second-order valence-corrected chi connectivity index (χ2v) is 5.86. The molecule has 1 aromatic heterocycles. The average Bonchev–Trinajstić information content (AvgIpc) is 3.04. The van der Waals surface area contributed by atoms with Crippen LogP contribution in [0.4, 0.5) is 4.39 Å². The first-order chi connectivity index (χ1) is 11.6. The van der Waals surface area contributed by atoms with Crippen LogP contribution in [0.15, 0.2) is 53.5 Å². The zero-order chi connectivity index (χ0) is 16.9. The maximum Gasteiger partial charge on any atom is 0.250 e. The molecule has 2 atom stereocenters. The minimum Gasteiger partial charge on any atom is -0.373 e. The molecule has 0 radical (unpaired) electrons. The molecule has 0 spiro atoms. The quantitative estimate of drug-likeness (QED) is 0.911. The number of nitrogens with zero attached hydrogens (tertiary/aromatic N) is 1. The Balaban J connectivity index is 1.57. The standard InChI is InChI=1S/C18H19FN2O3/c19-15-6-4-13(5-7-15)18-14(8-10-24-18)11-20-16(22)12-21-9-2-1-3-17(21)23/h1-7,9,14,18H,8,10-12H2,(H,20,22)/t14-,18-/m0/s1. The Kier molecular flexibility index (Phi) is 5.05. The van der Waals surface area contributed by atoms with E-state index in [9.17, 15) is 14.0 Å². The van der Waals surface area contributed by atoms with Crippen molar-refractivity contribution >= 4 is 5.91 Å².